The smallest absolute Gasteiger partial charge is 0.224 e. The molecule has 122 valence electrons. The van der Waals surface area contributed by atoms with Gasteiger partial charge in [0.05, 0.1) is 11.9 Å². The molecule has 1 amide bonds. The Hall–Kier alpha value is -2.75. The van der Waals surface area contributed by atoms with Crippen molar-refractivity contribution in [1.29, 1.82) is 0 Å². The summed E-state index contributed by atoms with van der Waals surface area (Å²) in [6.45, 7) is 4.26. The van der Waals surface area contributed by atoms with Crippen molar-refractivity contribution in [3.63, 3.8) is 0 Å². The number of rotatable bonds is 4. The predicted octanol–water partition coefficient (Wildman–Crippen LogP) is 3.85. The second-order valence-corrected chi connectivity index (χ2v) is 5.90. The minimum Gasteiger partial charge on any atom is -0.352 e. The number of hydrogen-bond donors (Lipinski definition) is 1. The van der Waals surface area contributed by atoms with E-state index in [9.17, 15) is 9.18 Å². The van der Waals surface area contributed by atoms with E-state index in [0.717, 1.165) is 33.3 Å². The highest BCUT2D eigenvalue weighted by molar-refractivity contribution is 5.86. The van der Waals surface area contributed by atoms with E-state index < -0.39 is 0 Å². The standard InChI is InChI=1S/C20H19FN2O/c1-13-17-8-3-4-9-19(17)23-14(2)18(13)11-20(24)22-12-15-6-5-7-16(21)10-15/h3-10H,11-12H2,1-2H3,(H,22,24). The molecule has 0 saturated heterocycles. The van der Waals surface area contributed by atoms with E-state index in [1.165, 1.54) is 12.1 Å². The van der Waals surface area contributed by atoms with Crippen LogP contribution in [-0.2, 0) is 17.8 Å². The number of halogens is 1. The Morgan fingerprint density at radius 3 is 2.71 bits per heavy atom. The quantitative estimate of drug-likeness (QED) is 0.793. The van der Waals surface area contributed by atoms with Crippen molar-refractivity contribution in [3.05, 3.63) is 76.7 Å². The first-order valence-corrected chi connectivity index (χ1v) is 7.90. The third-order valence-corrected chi connectivity index (χ3v) is 4.20. The van der Waals surface area contributed by atoms with Crippen molar-refractivity contribution in [3.8, 4) is 0 Å². The lowest BCUT2D eigenvalue weighted by Gasteiger charge is -2.12. The second kappa shape index (κ2) is 6.79. The van der Waals surface area contributed by atoms with Crippen molar-refractivity contribution >= 4 is 16.8 Å². The van der Waals surface area contributed by atoms with Crippen LogP contribution in [0.4, 0.5) is 4.39 Å². The van der Waals surface area contributed by atoms with Crippen LogP contribution in [0.15, 0.2) is 48.5 Å². The van der Waals surface area contributed by atoms with Crippen LogP contribution in [-0.4, -0.2) is 10.9 Å². The molecule has 24 heavy (non-hydrogen) atoms. The zero-order valence-electron chi connectivity index (χ0n) is 13.8. The van der Waals surface area contributed by atoms with Gasteiger partial charge in [0.25, 0.3) is 0 Å². The first-order chi connectivity index (χ1) is 11.5. The number of nitrogens with zero attached hydrogens (tertiary/aromatic N) is 1. The number of hydrogen-bond acceptors (Lipinski definition) is 2. The fourth-order valence-electron chi connectivity index (χ4n) is 2.90. The monoisotopic (exact) mass is 322 g/mol. The lowest BCUT2D eigenvalue weighted by atomic mass is 9.99. The lowest BCUT2D eigenvalue weighted by molar-refractivity contribution is -0.120. The molecule has 1 aromatic heterocycles. The van der Waals surface area contributed by atoms with Crippen molar-refractivity contribution < 1.29 is 9.18 Å². The van der Waals surface area contributed by atoms with Crippen LogP contribution >= 0.6 is 0 Å². The Bertz CT molecular complexity index is 905. The molecule has 0 aliphatic rings. The third kappa shape index (κ3) is 3.43. The number of amides is 1. The normalized spacial score (nSPS) is 10.8. The summed E-state index contributed by atoms with van der Waals surface area (Å²) in [6, 6.07) is 14.2. The predicted molar refractivity (Wildman–Crippen MR) is 93.2 cm³/mol. The summed E-state index contributed by atoms with van der Waals surface area (Å²) in [7, 11) is 0. The molecule has 0 unspecified atom stereocenters. The molecule has 3 rings (SSSR count). The summed E-state index contributed by atoms with van der Waals surface area (Å²) in [4.78, 5) is 16.9. The highest BCUT2D eigenvalue weighted by Crippen LogP contribution is 2.22. The van der Waals surface area contributed by atoms with Gasteiger partial charge in [-0.15, -0.1) is 0 Å². The van der Waals surface area contributed by atoms with E-state index in [2.05, 4.69) is 10.3 Å². The molecular weight excluding hydrogens is 303 g/mol. The number of fused-ring (bicyclic) bond motifs is 1. The number of carbonyl (C=O) groups is 1. The van der Waals surface area contributed by atoms with Crippen LogP contribution in [0.3, 0.4) is 0 Å². The molecule has 0 bridgehead atoms. The van der Waals surface area contributed by atoms with Crippen LogP contribution in [0, 0.1) is 19.7 Å². The molecule has 3 aromatic rings. The maximum absolute atomic E-state index is 13.2. The van der Waals surface area contributed by atoms with Gasteiger partial charge in [0.2, 0.25) is 5.91 Å². The Morgan fingerprint density at radius 1 is 1.12 bits per heavy atom. The molecule has 0 spiro atoms. The van der Waals surface area contributed by atoms with Gasteiger partial charge in [0, 0.05) is 17.6 Å². The van der Waals surface area contributed by atoms with Crippen LogP contribution in [0.2, 0.25) is 0 Å². The number of benzene rings is 2. The highest BCUT2D eigenvalue weighted by Gasteiger charge is 2.12. The van der Waals surface area contributed by atoms with E-state index in [1.54, 1.807) is 12.1 Å². The third-order valence-electron chi connectivity index (χ3n) is 4.20. The summed E-state index contributed by atoms with van der Waals surface area (Å²) < 4.78 is 13.2. The van der Waals surface area contributed by atoms with Gasteiger partial charge >= 0.3 is 0 Å². The van der Waals surface area contributed by atoms with Crippen LogP contribution in [0.25, 0.3) is 10.9 Å². The molecular formula is C20H19FN2O. The van der Waals surface area contributed by atoms with E-state index in [0.29, 0.717) is 6.54 Å². The first-order valence-electron chi connectivity index (χ1n) is 7.90. The first kappa shape index (κ1) is 16.1. The zero-order chi connectivity index (χ0) is 17.1. The molecule has 1 N–H and O–H groups in total. The van der Waals surface area contributed by atoms with Crippen molar-refractivity contribution in [2.75, 3.05) is 0 Å². The topological polar surface area (TPSA) is 42.0 Å². The van der Waals surface area contributed by atoms with E-state index in [1.807, 2.05) is 38.1 Å². The van der Waals surface area contributed by atoms with Gasteiger partial charge in [0.15, 0.2) is 0 Å². The molecule has 1 heterocycles. The van der Waals surface area contributed by atoms with Gasteiger partial charge < -0.3 is 5.32 Å². The molecule has 0 fully saturated rings. The minimum absolute atomic E-state index is 0.0949. The van der Waals surface area contributed by atoms with E-state index >= 15 is 0 Å². The molecule has 0 saturated carbocycles. The Morgan fingerprint density at radius 2 is 1.92 bits per heavy atom. The fourth-order valence-corrected chi connectivity index (χ4v) is 2.90. The SMILES string of the molecule is Cc1nc2ccccc2c(C)c1CC(=O)NCc1cccc(F)c1. The summed E-state index contributed by atoms with van der Waals surface area (Å²) in [6.07, 6.45) is 0.269. The molecule has 0 atom stereocenters. The molecule has 3 nitrogen and oxygen atoms in total. The van der Waals surface area contributed by atoms with Crippen LogP contribution in [0.1, 0.15) is 22.4 Å². The van der Waals surface area contributed by atoms with Crippen molar-refractivity contribution in [2.24, 2.45) is 0 Å². The molecule has 4 heteroatoms. The van der Waals surface area contributed by atoms with Crippen LogP contribution in [0.5, 0.6) is 0 Å². The average Bonchev–Trinajstić information content (AvgIpc) is 2.57. The van der Waals surface area contributed by atoms with E-state index in [4.69, 9.17) is 0 Å². The maximum atomic E-state index is 13.2. The minimum atomic E-state index is -0.299. The van der Waals surface area contributed by atoms with Gasteiger partial charge in [-0.2, -0.15) is 0 Å². The molecule has 0 aliphatic heterocycles. The van der Waals surface area contributed by atoms with Gasteiger partial charge in [-0.3, -0.25) is 9.78 Å². The number of aromatic nitrogens is 1. The summed E-state index contributed by atoms with van der Waals surface area (Å²) in [5.41, 5.74) is 4.58. The lowest BCUT2D eigenvalue weighted by Crippen LogP contribution is -2.25. The summed E-state index contributed by atoms with van der Waals surface area (Å²) in [5, 5.41) is 3.91. The Labute approximate surface area is 140 Å². The van der Waals surface area contributed by atoms with Crippen molar-refractivity contribution in [1.82, 2.24) is 10.3 Å². The summed E-state index contributed by atoms with van der Waals surface area (Å²) >= 11 is 0. The Balaban J connectivity index is 1.76. The average molecular weight is 322 g/mol. The maximum Gasteiger partial charge on any atom is 0.224 e. The van der Waals surface area contributed by atoms with Crippen LogP contribution < -0.4 is 5.32 Å². The van der Waals surface area contributed by atoms with E-state index in [-0.39, 0.29) is 18.1 Å². The summed E-state index contributed by atoms with van der Waals surface area (Å²) in [5.74, 6) is -0.394. The van der Waals surface area contributed by atoms with Gasteiger partial charge in [-0.25, -0.2) is 4.39 Å². The largest absolute Gasteiger partial charge is 0.352 e. The molecule has 0 radical (unpaired) electrons. The number of pyridine rings is 1. The number of aryl methyl sites for hydroxylation is 2. The fraction of sp³-hybridized carbons (Fsp3) is 0.200. The van der Waals surface area contributed by atoms with Gasteiger partial charge in [0.1, 0.15) is 5.82 Å². The van der Waals surface area contributed by atoms with Gasteiger partial charge in [-0.1, -0.05) is 30.3 Å². The molecule has 2 aromatic carbocycles. The second-order valence-electron chi connectivity index (χ2n) is 5.90. The number of nitrogens with one attached hydrogen (secondary N) is 1. The number of para-hydroxylation sites is 1. The Kier molecular flexibility index (Phi) is 4.56. The zero-order valence-corrected chi connectivity index (χ0v) is 13.8. The molecule has 0 aliphatic carbocycles. The number of carbonyl (C=O) groups excluding carboxylic acids is 1. The van der Waals surface area contributed by atoms with Crippen molar-refractivity contribution in [2.45, 2.75) is 26.8 Å². The van der Waals surface area contributed by atoms with Gasteiger partial charge in [-0.05, 0) is 48.7 Å². The highest BCUT2D eigenvalue weighted by atomic mass is 19.1.